The van der Waals surface area contributed by atoms with Crippen molar-refractivity contribution in [3.8, 4) is 0 Å². The normalized spacial score (nSPS) is 20.4. The van der Waals surface area contributed by atoms with Crippen molar-refractivity contribution in [1.82, 2.24) is 5.32 Å². The summed E-state index contributed by atoms with van der Waals surface area (Å²) in [5.41, 5.74) is 0. The molecular weight excluding hydrogens is 186 g/mol. The molecule has 2 N–H and O–H groups in total. The Balaban J connectivity index is 1.91. The molecule has 2 heteroatoms. The molecule has 0 aromatic rings. The third kappa shape index (κ3) is 6.16. The van der Waals surface area contributed by atoms with Gasteiger partial charge in [0.2, 0.25) is 0 Å². The Morgan fingerprint density at radius 2 is 2.00 bits per heavy atom. The van der Waals surface area contributed by atoms with Crippen LogP contribution in [0.25, 0.3) is 0 Å². The molecule has 1 atom stereocenters. The van der Waals surface area contributed by atoms with Gasteiger partial charge in [-0.15, -0.1) is 0 Å². The van der Waals surface area contributed by atoms with Crippen molar-refractivity contribution in [2.75, 3.05) is 19.7 Å². The minimum Gasteiger partial charge on any atom is -0.396 e. The van der Waals surface area contributed by atoms with Crippen LogP contribution in [-0.2, 0) is 0 Å². The molecule has 0 aliphatic heterocycles. The quantitative estimate of drug-likeness (QED) is 0.637. The summed E-state index contributed by atoms with van der Waals surface area (Å²) in [5.74, 6) is 1.60. The summed E-state index contributed by atoms with van der Waals surface area (Å²) in [6.07, 6.45) is 9.54. The SMILES string of the molecule is CC(CCO)CNCCC1CCCCC1. The van der Waals surface area contributed by atoms with Crippen LogP contribution in [0.1, 0.15) is 51.9 Å². The molecule has 0 heterocycles. The number of aliphatic hydroxyl groups excluding tert-OH is 1. The summed E-state index contributed by atoms with van der Waals surface area (Å²) in [5, 5.41) is 12.3. The van der Waals surface area contributed by atoms with Crippen LogP contribution in [0.4, 0.5) is 0 Å². The average molecular weight is 213 g/mol. The maximum absolute atomic E-state index is 8.77. The Bertz CT molecular complexity index is 143. The summed E-state index contributed by atoms with van der Waals surface area (Å²) < 4.78 is 0. The summed E-state index contributed by atoms with van der Waals surface area (Å²) in [6, 6.07) is 0. The Morgan fingerprint density at radius 3 is 2.67 bits per heavy atom. The second-order valence-corrected chi connectivity index (χ2v) is 5.11. The molecule has 0 bridgehead atoms. The van der Waals surface area contributed by atoms with Gasteiger partial charge in [0, 0.05) is 6.61 Å². The molecule has 1 aliphatic rings. The molecule has 15 heavy (non-hydrogen) atoms. The van der Waals surface area contributed by atoms with Gasteiger partial charge >= 0.3 is 0 Å². The lowest BCUT2D eigenvalue weighted by Crippen LogP contribution is -2.24. The zero-order chi connectivity index (χ0) is 10.9. The van der Waals surface area contributed by atoms with Crippen LogP contribution >= 0.6 is 0 Å². The molecule has 0 radical (unpaired) electrons. The monoisotopic (exact) mass is 213 g/mol. The second kappa shape index (κ2) is 8.12. The highest BCUT2D eigenvalue weighted by molar-refractivity contribution is 4.67. The molecule has 1 aliphatic carbocycles. The molecule has 1 saturated carbocycles. The zero-order valence-electron chi connectivity index (χ0n) is 10.2. The largest absolute Gasteiger partial charge is 0.396 e. The predicted molar refractivity (Wildman–Crippen MR) is 64.9 cm³/mol. The Hall–Kier alpha value is -0.0800. The highest BCUT2D eigenvalue weighted by Crippen LogP contribution is 2.25. The summed E-state index contributed by atoms with van der Waals surface area (Å²) in [7, 11) is 0. The van der Waals surface area contributed by atoms with Crippen LogP contribution in [0.5, 0.6) is 0 Å². The second-order valence-electron chi connectivity index (χ2n) is 5.11. The van der Waals surface area contributed by atoms with E-state index in [1.54, 1.807) is 0 Å². The van der Waals surface area contributed by atoms with Crippen LogP contribution in [0.2, 0.25) is 0 Å². The molecule has 0 aromatic heterocycles. The van der Waals surface area contributed by atoms with Crippen LogP contribution in [0, 0.1) is 11.8 Å². The molecule has 1 fully saturated rings. The van der Waals surface area contributed by atoms with Crippen molar-refractivity contribution < 1.29 is 5.11 Å². The van der Waals surface area contributed by atoms with Gasteiger partial charge in [-0.2, -0.15) is 0 Å². The van der Waals surface area contributed by atoms with Crippen LogP contribution in [0.15, 0.2) is 0 Å². The maximum Gasteiger partial charge on any atom is 0.0434 e. The van der Waals surface area contributed by atoms with Gasteiger partial charge in [-0.1, -0.05) is 39.0 Å². The fraction of sp³-hybridized carbons (Fsp3) is 1.00. The third-order valence-corrected chi connectivity index (χ3v) is 3.57. The van der Waals surface area contributed by atoms with Gasteiger partial charge in [0.1, 0.15) is 0 Å². The van der Waals surface area contributed by atoms with E-state index in [9.17, 15) is 0 Å². The van der Waals surface area contributed by atoms with E-state index in [4.69, 9.17) is 5.11 Å². The van der Waals surface area contributed by atoms with Crippen molar-refractivity contribution >= 4 is 0 Å². The summed E-state index contributed by atoms with van der Waals surface area (Å²) in [4.78, 5) is 0. The number of hydrogen-bond acceptors (Lipinski definition) is 2. The van der Waals surface area contributed by atoms with Crippen LogP contribution in [-0.4, -0.2) is 24.8 Å². The van der Waals surface area contributed by atoms with Crippen molar-refractivity contribution in [1.29, 1.82) is 0 Å². The van der Waals surface area contributed by atoms with Gasteiger partial charge in [0.15, 0.2) is 0 Å². The van der Waals surface area contributed by atoms with Crippen LogP contribution in [0.3, 0.4) is 0 Å². The molecule has 0 saturated heterocycles. The summed E-state index contributed by atoms with van der Waals surface area (Å²) >= 11 is 0. The zero-order valence-corrected chi connectivity index (χ0v) is 10.2. The van der Waals surface area contributed by atoms with Gasteiger partial charge < -0.3 is 10.4 Å². The highest BCUT2D eigenvalue weighted by atomic mass is 16.3. The van der Waals surface area contributed by atoms with E-state index in [2.05, 4.69) is 12.2 Å². The van der Waals surface area contributed by atoms with E-state index in [0.29, 0.717) is 12.5 Å². The minimum absolute atomic E-state index is 0.325. The Labute approximate surface area is 94.5 Å². The summed E-state index contributed by atoms with van der Waals surface area (Å²) in [6.45, 7) is 4.75. The smallest absolute Gasteiger partial charge is 0.0434 e. The lowest BCUT2D eigenvalue weighted by molar-refractivity contribution is 0.258. The number of rotatable bonds is 7. The lowest BCUT2D eigenvalue weighted by atomic mass is 9.87. The van der Waals surface area contributed by atoms with E-state index in [1.807, 2.05) is 0 Å². The van der Waals surface area contributed by atoms with Crippen molar-refractivity contribution in [2.45, 2.75) is 51.9 Å². The molecule has 1 unspecified atom stereocenters. The number of hydrogen-bond donors (Lipinski definition) is 2. The molecule has 90 valence electrons. The van der Waals surface area contributed by atoms with Crippen LogP contribution < -0.4 is 5.32 Å². The first kappa shape index (κ1) is 13.0. The van der Waals surface area contributed by atoms with Gasteiger partial charge in [-0.3, -0.25) is 0 Å². The van der Waals surface area contributed by atoms with E-state index < -0.39 is 0 Å². The van der Waals surface area contributed by atoms with E-state index in [1.165, 1.54) is 45.1 Å². The first-order valence-corrected chi connectivity index (χ1v) is 6.64. The van der Waals surface area contributed by atoms with Crippen molar-refractivity contribution in [3.63, 3.8) is 0 Å². The first-order chi connectivity index (χ1) is 7.33. The third-order valence-electron chi connectivity index (χ3n) is 3.57. The molecule has 0 spiro atoms. The molecule has 2 nitrogen and oxygen atoms in total. The number of nitrogens with one attached hydrogen (secondary N) is 1. The molecular formula is C13H27NO. The lowest BCUT2D eigenvalue weighted by Gasteiger charge is -2.21. The standard InChI is InChI=1S/C13H27NO/c1-12(8-10-15)11-14-9-7-13-5-3-2-4-6-13/h12-15H,2-11H2,1H3. The maximum atomic E-state index is 8.77. The molecule has 1 rings (SSSR count). The van der Waals surface area contributed by atoms with Crippen molar-refractivity contribution in [3.05, 3.63) is 0 Å². The minimum atomic E-state index is 0.325. The number of aliphatic hydroxyl groups is 1. The Kier molecular flexibility index (Phi) is 7.03. The van der Waals surface area contributed by atoms with E-state index in [0.717, 1.165) is 18.9 Å². The molecule has 0 aromatic carbocycles. The average Bonchev–Trinajstić information content (AvgIpc) is 2.26. The first-order valence-electron chi connectivity index (χ1n) is 6.64. The topological polar surface area (TPSA) is 32.3 Å². The highest BCUT2D eigenvalue weighted by Gasteiger charge is 2.12. The Morgan fingerprint density at radius 1 is 1.27 bits per heavy atom. The van der Waals surface area contributed by atoms with Gasteiger partial charge in [-0.25, -0.2) is 0 Å². The fourth-order valence-corrected chi connectivity index (χ4v) is 2.45. The van der Waals surface area contributed by atoms with E-state index in [-0.39, 0.29) is 0 Å². The van der Waals surface area contributed by atoms with Gasteiger partial charge in [-0.05, 0) is 37.8 Å². The van der Waals surface area contributed by atoms with E-state index >= 15 is 0 Å². The van der Waals surface area contributed by atoms with Crippen molar-refractivity contribution in [2.24, 2.45) is 11.8 Å². The van der Waals surface area contributed by atoms with Gasteiger partial charge in [0.25, 0.3) is 0 Å². The molecule has 0 amide bonds. The predicted octanol–water partition coefficient (Wildman–Crippen LogP) is 2.56. The fourth-order valence-electron chi connectivity index (χ4n) is 2.45. The van der Waals surface area contributed by atoms with Gasteiger partial charge in [0.05, 0.1) is 0 Å².